The Morgan fingerprint density at radius 3 is 3.00 bits per heavy atom. The molecule has 0 saturated carbocycles. The first-order chi connectivity index (χ1) is 9.74. The summed E-state index contributed by atoms with van der Waals surface area (Å²) in [5, 5.41) is 8.29. The van der Waals surface area contributed by atoms with E-state index in [1.54, 1.807) is 0 Å². The topological polar surface area (TPSA) is 39.1 Å². The molecule has 4 heteroatoms. The van der Waals surface area contributed by atoms with Gasteiger partial charge >= 0.3 is 0 Å². The van der Waals surface area contributed by atoms with Crippen LogP contribution in [0.25, 0.3) is 0 Å². The largest absolute Gasteiger partial charge is 0.381 e. The van der Waals surface area contributed by atoms with Crippen LogP contribution in [0.1, 0.15) is 44.5 Å². The second kappa shape index (κ2) is 7.79. The molecule has 114 valence electrons. The summed E-state index contributed by atoms with van der Waals surface area (Å²) in [7, 11) is 0. The summed E-state index contributed by atoms with van der Waals surface area (Å²) in [6.45, 7) is 10.3. The van der Waals surface area contributed by atoms with E-state index in [4.69, 9.17) is 4.74 Å². The van der Waals surface area contributed by atoms with Gasteiger partial charge in [0.1, 0.15) is 0 Å². The number of hydrogen-bond acceptors (Lipinski definition) is 3. The summed E-state index contributed by atoms with van der Waals surface area (Å²) in [6.07, 6.45) is 4.71. The first-order valence-electron chi connectivity index (χ1n) is 8.09. The maximum absolute atomic E-state index is 5.68. The minimum absolute atomic E-state index is 0.511. The number of aromatic nitrogens is 2. The van der Waals surface area contributed by atoms with Gasteiger partial charge in [0.05, 0.1) is 12.3 Å². The van der Waals surface area contributed by atoms with Crippen LogP contribution in [-0.2, 0) is 17.7 Å². The molecule has 1 fully saturated rings. The van der Waals surface area contributed by atoms with Crippen LogP contribution in [-0.4, -0.2) is 35.6 Å². The zero-order valence-electron chi connectivity index (χ0n) is 13.2. The van der Waals surface area contributed by atoms with Gasteiger partial charge in [-0.05, 0) is 51.6 Å². The summed E-state index contributed by atoms with van der Waals surface area (Å²) >= 11 is 0. The molecule has 0 radical (unpaired) electrons. The molecule has 1 N–H and O–H groups in total. The Morgan fingerprint density at radius 2 is 2.35 bits per heavy atom. The van der Waals surface area contributed by atoms with E-state index in [-0.39, 0.29) is 0 Å². The Hall–Kier alpha value is -0.870. The summed E-state index contributed by atoms with van der Waals surface area (Å²) in [5.41, 5.74) is 2.47. The second-order valence-corrected chi connectivity index (χ2v) is 5.83. The predicted molar refractivity (Wildman–Crippen MR) is 82.0 cm³/mol. The van der Waals surface area contributed by atoms with Gasteiger partial charge in [0, 0.05) is 31.3 Å². The molecule has 0 spiro atoms. The van der Waals surface area contributed by atoms with Crippen LogP contribution in [0.15, 0.2) is 6.07 Å². The lowest BCUT2D eigenvalue weighted by Gasteiger charge is -2.31. The summed E-state index contributed by atoms with van der Waals surface area (Å²) in [4.78, 5) is 0. The number of rotatable bonds is 7. The summed E-state index contributed by atoms with van der Waals surface area (Å²) in [6, 6.07) is 2.74. The van der Waals surface area contributed by atoms with Crippen molar-refractivity contribution in [1.29, 1.82) is 0 Å². The minimum atomic E-state index is 0.511. The van der Waals surface area contributed by atoms with Gasteiger partial charge in [-0.3, -0.25) is 4.68 Å². The van der Waals surface area contributed by atoms with E-state index in [0.29, 0.717) is 12.0 Å². The van der Waals surface area contributed by atoms with Gasteiger partial charge in [-0.2, -0.15) is 5.10 Å². The maximum Gasteiger partial charge on any atom is 0.0596 e. The van der Waals surface area contributed by atoms with Crippen LogP contribution < -0.4 is 5.32 Å². The number of nitrogens with zero attached hydrogens (tertiary/aromatic N) is 2. The monoisotopic (exact) mass is 279 g/mol. The van der Waals surface area contributed by atoms with Gasteiger partial charge in [0.2, 0.25) is 0 Å². The SMILES string of the molecule is CCCNC(Cc1cc(C)nn1CC)C1CCCOC1. The van der Waals surface area contributed by atoms with Crippen molar-refractivity contribution in [3.8, 4) is 0 Å². The Bertz CT molecular complexity index is 396. The average Bonchev–Trinajstić information content (AvgIpc) is 2.84. The molecule has 1 saturated heterocycles. The first kappa shape index (κ1) is 15.5. The van der Waals surface area contributed by atoms with E-state index in [9.17, 15) is 0 Å². The van der Waals surface area contributed by atoms with Crippen molar-refractivity contribution in [2.75, 3.05) is 19.8 Å². The zero-order chi connectivity index (χ0) is 14.4. The normalized spacial score (nSPS) is 21.1. The van der Waals surface area contributed by atoms with Crippen molar-refractivity contribution >= 4 is 0 Å². The molecule has 0 bridgehead atoms. The molecule has 2 atom stereocenters. The van der Waals surface area contributed by atoms with Gasteiger partial charge in [0.25, 0.3) is 0 Å². The lowest BCUT2D eigenvalue weighted by atomic mass is 9.90. The molecule has 0 amide bonds. The molecule has 20 heavy (non-hydrogen) atoms. The highest BCUT2D eigenvalue weighted by Crippen LogP contribution is 2.21. The molecular weight excluding hydrogens is 250 g/mol. The quantitative estimate of drug-likeness (QED) is 0.833. The van der Waals surface area contributed by atoms with Gasteiger partial charge in [-0.25, -0.2) is 0 Å². The van der Waals surface area contributed by atoms with E-state index in [0.717, 1.165) is 38.4 Å². The Morgan fingerprint density at radius 1 is 1.50 bits per heavy atom. The van der Waals surface area contributed by atoms with Gasteiger partial charge < -0.3 is 10.1 Å². The maximum atomic E-state index is 5.68. The number of hydrogen-bond donors (Lipinski definition) is 1. The van der Waals surface area contributed by atoms with Crippen molar-refractivity contribution in [2.45, 2.75) is 59.0 Å². The fraction of sp³-hybridized carbons (Fsp3) is 0.812. The third kappa shape index (κ3) is 4.06. The molecular formula is C16H29N3O. The van der Waals surface area contributed by atoms with Crippen LogP contribution in [0, 0.1) is 12.8 Å². The number of ether oxygens (including phenoxy) is 1. The van der Waals surface area contributed by atoms with Crippen molar-refractivity contribution in [3.05, 3.63) is 17.5 Å². The van der Waals surface area contributed by atoms with Crippen molar-refractivity contribution in [3.63, 3.8) is 0 Å². The van der Waals surface area contributed by atoms with E-state index in [2.05, 4.69) is 41.9 Å². The zero-order valence-corrected chi connectivity index (χ0v) is 13.2. The molecule has 2 unspecified atom stereocenters. The van der Waals surface area contributed by atoms with Crippen molar-refractivity contribution < 1.29 is 4.74 Å². The van der Waals surface area contributed by atoms with E-state index < -0.39 is 0 Å². The highest BCUT2D eigenvalue weighted by atomic mass is 16.5. The average molecular weight is 279 g/mol. The second-order valence-electron chi connectivity index (χ2n) is 5.83. The fourth-order valence-corrected chi connectivity index (χ4v) is 3.08. The van der Waals surface area contributed by atoms with Crippen LogP contribution in [0.3, 0.4) is 0 Å². The first-order valence-corrected chi connectivity index (χ1v) is 8.09. The Labute approximate surface area is 122 Å². The van der Waals surface area contributed by atoms with Gasteiger partial charge in [-0.15, -0.1) is 0 Å². The molecule has 2 heterocycles. The molecule has 0 aromatic carbocycles. The fourth-order valence-electron chi connectivity index (χ4n) is 3.08. The molecule has 1 aliphatic rings. The third-order valence-corrected chi connectivity index (χ3v) is 4.14. The van der Waals surface area contributed by atoms with Crippen LogP contribution in [0.5, 0.6) is 0 Å². The minimum Gasteiger partial charge on any atom is -0.381 e. The summed E-state index contributed by atoms with van der Waals surface area (Å²) < 4.78 is 7.82. The molecule has 4 nitrogen and oxygen atoms in total. The molecule has 1 aliphatic heterocycles. The van der Waals surface area contributed by atoms with Crippen LogP contribution in [0.4, 0.5) is 0 Å². The Kier molecular flexibility index (Phi) is 6.05. The van der Waals surface area contributed by atoms with Crippen molar-refractivity contribution in [1.82, 2.24) is 15.1 Å². The van der Waals surface area contributed by atoms with Crippen molar-refractivity contribution in [2.24, 2.45) is 5.92 Å². The van der Waals surface area contributed by atoms with Crippen LogP contribution >= 0.6 is 0 Å². The standard InChI is InChI=1S/C16H29N3O/c1-4-8-17-16(14-7-6-9-20-12-14)11-15-10-13(3)18-19(15)5-2/h10,14,16-17H,4-9,11-12H2,1-3H3. The van der Waals surface area contributed by atoms with Gasteiger partial charge in [0.15, 0.2) is 0 Å². The molecule has 1 aromatic rings. The highest BCUT2D eigenvalue weighted by molar-refractivity contribution is 5.11. The van der Waals surface area contributed by atoms with E-state index >= 15 is 0 Å². The summed E-state index contributed by atoms with van der Waals surface area (Å²) in [5.74, 6) is 0.635. The highest BCUT2D eigenvalue weighted by Gasteiger charge is 2.25. The molecule has 1 aromatic heterocycles. The van der Waals surface area contributed by atoms with E-state index in [1.165, 1.54) is 25.0 Å². The molecule has 0 aliphatic carbocycles. The third-order valence-electron chi connectivity index (χ3n) is 4.14. The Balaban J connectivity index is 2.05. The van der Waals surface area contributed by atoms with Crippen LogP contribution in [0.2, 0.25) is 0 Å². The molecule has 2 rings (SSSR count). The van der Waals surface area contributed by atoms with E-state index in [1.807, 2.05) is 0 Å². The predicted octanol–water partition coefficient (Wildman–Crippen LogP) is 2.55. The smallest absolute Gasteiger partial charge is 0.0596 e. The lowest BCUT2D eigenvalue weighted by molar-refractivity contribution is 0.0390. The van der Waals surface area contributed by atoms with Gasteiger partial charge in [-0.1, -0.05) is 6.92 Å². The number of nitrogens with one attached hydrogen (secondary N) is 1. The lowest BCUT2D eigenvalue weighted by Crippen LogP contribution is -2.42. The number of aryl methyl sites for hydroxylation is 2.